The van der Waals surface area contributed by atoms with E-state index in [9.17, 15) is 0 Å². The van der Waals surface area contributed by atoms with E-state index in [0.717, 1.165) is 5.46 Å². The third kappa shape index (κ3) is 3.98. The first kappa shape index (κ1) is 27.5. The molecule has 2 heterocycles. The molecule has 2 aliphatic rings. The van der Waals surface area contributed by atoms with Crippen molar-refractivity contribution in [3.63, 3.8) is 0 Å². The monoisotopic (exact) mass is 590 g/mol. The van der Waals surface area contributed by atoms with Crippen molar-refractivity contribution in [2.75, 3.05) is 0 Å². The second kappa shape index (κ2) is 9.97. The normalized spacial score (nSPS) is 21.0. The van der Waals surface area contributed by atoms with Gasteiger partial charge in [0.25, 0.3) is 0 Å². The third-order valence-corrected chi connectivity index (χ3v) is 13.8. The number of rotatable bonds is 4. The molecule has 1 saturated heterocycles. The Hall–Kier alpha value is -4.09. The Morgan fingerprint density at radius 3 is 1.86 bits per heavy atom. The van der Waals surface area contributed by atoms with Crippen LogP contribution in [0.25, 0.3) is 33.0 Å². The van der Waals surface area contributed by atoms with E-state index < -0.39 is 10.0 Å². The zero-order valence-electron chi connectivity index (χ0n) is 25.6. The van der Waals surface area contributed by atoms with Crippen molar-refractivity contribution >= 4 is 33.4 Å². The molecule has 0 saturated carbocycles. The lowest BCUT2D eigenvalue weighted by Crippen LogP contribution is -2.41. The van der Waals surface area contributed by atoms with Gasteiger partial charge in [0, 0.05) is 19.6 Å². The summed E-state index contributed by atoms with van der Waals surface area (Å²) >= 11 is 0. The SMILES string of the molecule is CC1(C)OB(c2ccc(-c3ccc4c(c3)S(c3ccccc3)(c3cccc5ccccc35)c3ccccc3-4)cc2)OC1(C)C. The van der Waals surface area contributed by atoms with Crippen molar-refractivity contribution in [2.45, 2.75) is 58.5 Å². The molecule has 1 fully saturated rings. The highest BCUT2D eigenvalue weighted by Crippen LogP contribution is 2.80. The van der Waals surface area contributed by atoms with Crippen LogP contribution in [-0.2, 0) is 9.31 Å². The van der Waals surface area contributed by atoms with E-state index in [0.29, 0.717) is 0 Å². The molecule has 0 spiro atoms. The fraction of sp³-hybridized carbons (Fsp3) is 0.150. The van der Waals surface area contributed by atoms with Gasteiger partial charge >= 0.3 is 7.12 Å². The van der Waals surface area contributed by atoms with Gasteiger partial charge in [0.1, 0.15) is 0 Å². The molecule has 0 bridgehead atoms. The van der Waals surface area contributed by atoms with E-state index in [-0.39, 0.29) is 18.3 Å². The van der Waals surface area contributed by atoms with Crippen LogP contribution in [0.3, 0.4) is 0 Å². The second-order valence-electron chi connectivity index (χ2n) is 12.8. The summed E-state index contributed by atoms with van der Waals surface area (Å²) < 4.78 is 12.7. The lowest BCUT2D eigenvalue weighted by Gasteiger charge is -2.40. The van der Waals surface area contributed by atoms with Gasteiger partial charge in [0.05, 0.1) is 11.2 Å². The maximum atomic E-state index is 6.33. The fourth-order valence-corrected chi connectivity index (χ4v) is 11.2. The first-order valence-corrected chi connectivity index (χ1v) is 17.0. The lowest BCUT2D eigenvalue weighted by atomic mass is 9.78. The summed E-state index contributed by atoms with van der Waals surface area (Å²) in [7, 11) is -2.15. The molecule has 216 valence electrons. The molecule has 1 atom stereocenters. The molecule has 1 unspecified atom stereocenters. The van der Waals surface area contributed by atoms with Gasteiger partial charge in [-0.3, -0.25) is 0 Å². The van der Waals surface area contributed by atoms with Crippen LogP contribution < -0.4 is 5.46 Å². The number of benzene rings is 6. The van der Waals surface area contributed by atoms with E-state index in [2.05, 4.69) is 167 Å². The average Bonchev–Trinajstić information content (AvgIpc) is 3.47. The predicted octanol–water partition coefficient (Wildman–Crippen LogP) is 10.1. The van der Waals surface area contributed by atoms with Gasteiger partial charge in [0.15, 0.2) is 0 Å². The van der Waals surface area contributed by atoms with Gasteiger partial charge in [-0.05, 0) is 96.5 Å². The zero-order chi connectivity index (χ0) is 30.1. The van der Waals surface area contributed by atoms with Crippen molar-refractivity contribution in [3.05, 3.63) is 140 Å². The number of hydrogen-bond acceptors (Lipinski definition) is 2. The average molecular weight is 591 g/mol. The topological polar surface area (TPSA) is 18.5 Å². The molecule has 0 aliphatic carbocycles. The van der Waals surface area contributed by atoms with Crippen LogP contribution in [-0.4, -0.2) is 18.3 Å². The Morgan fingerprint density at radius 2 is 1.09 bits per heavy atom. The molecule has 2 aliphatic heterocycles. The fourth-order valence-electron chi connectivity index (χ4n) is 6.77. The largest absolute Gasteiger partial charge is 0.494 e. The molecule has 4 heteroatoms. The van der Waals surface area contributed by atoms with Gasteiger partial charge in [-0.2, -0.15) is 0 Å². The summed E-state index contributed by atoms with van der Waals surface area (Å²) in [5.74, 6) is 0. The highest BCUT2D eigenvalue weighted by atomic mass is 32.3. The summed E-state index contributed by atoms with van der Waals surface area (Å²) in [6.07, 6.45) is 0. The van der Waals surface area contributed by atoms with Gasteiger partial charge < -0.3 is 9.31 Å². The van der Waals surface area contributed by atoms with E-state index in [1.54, 1.807) is 0 Å². The van der Waals surface area contributed by atoms with E-state index in [1.807, 2.05) is 0 Å². The number of hydrogen-bond donors (Lipinski definition) is 0. The van der Waals surface area contributed by atoms with Crippen LogP contribution in [0.4, 0.5) is 0 Å². The van der Waals surface area contributed by atoms with Crippen molar-refractivity contribution in [1.29, 1.82) is 0 Å². The van der Waals surface area contributed by atoms with Gasteiger partial charge in [-0.1, -0.05) is 109 Å². The summed E-state index contributed by atoms with van der Waals surface area (Å²) in [5, 5.41) is 2.59. The zero-order valence-corrected chi connectivity index (χ0v) is 26.4. The van der Waals surface area contributed by atoms with E-state index >= 15 is 0 Å². The smallest absolute Gasteiger partial charge is 0.399 e. The summed E-state index contributed by atoms with van der Waals surface area (Å²) in [6, 6.07) is 51.7. The van der Waals surface area contributed by atoms with Crippen LogP contribution in [0.1, 0.15) is 27.7 Å². The third-order valence-electron chi connectivity index (χ3n) is 9.76. The molecule has 0 aromatic heterocycles. The van der Waals surface area contributed by atoms with Crippen molar-refractivity contribution in [1.82, 2.24) is 0 Å². The minimum atomic E-state index is -1.78. The molecule has 2 nitrogen and oxygen atoms in total. The minimum absolute atomic E-state index is 0.365. The molecule has 6 aromatic carbocycles. The maximum Gasteiger partial charge on any atom is 0.494 e. The molecule has 0 amide bonds. The van der Waals surface area contributed by atoms with E-state index in [1.165, 1.54) is 52.6 Å². The van der Waals surface area contributed by atoms with Crippen molar-refractivity contribution in [2.24, 2.45) is 0 Å². The van der Waals surface area contributed by atoms with Gasteiger partial charge in [0.2, 0.25) is 0 Å². The van der Waals surface area contributed by atoms with Crippen molar-refractivity contribution in [3.8, 4) is 22.3 Å². The molecular formula is C40H35BO2S. The second-order valence-corrected chi connectivity index (χ2v) is 15.8. The Kier molecular flexibility index (Phi) is 6.22. The molecule has 0 N–H and O–H groups in total. The first-order chi connectivity index (χ1) is 21.3. The quantitative estimate of drug-likeness (QED) is 0.190. The molecular weight excluding hydrogens is 555 g/mol. The Morgan fingerprint density at radius 1 is 0.500 bits per heavy atom. The Labute approximate surface area is 262 Å². The highest BCUT2D eigenvalue weighted by Gasteiger charge is 2.51. The predicted molar refractivity (Wildman–Crippen MR) is 184 cm³/mol. The highest BCUT2D eigenvalue weighted by molar-refractivity contribution is 8.34. The summed E-state index contributed by atoms with van der Waals surface area (Å²) in [6.45, 7) is 8.39. The lowest BCUT2D eigenvalue weighted by molar-refractivity contribution is 0.00578. The molecule has 6 aromatic rings. The van der Waals surface area contributed by atoms with Crippen LogP contribution in [0.15, 0.2) is 159 Å². The maximum absolute atomic E-state index is 6.33. The van der Waals surface area contributed by atoms with Crippen LogP contribution in [0, 0.1) is 0 Å². The van der Waals surface area contributed by atoms with E-state index in [4.69, 9.17) is 9.31 Å². The van der Waals surface area contributed by atoms with Crippen molar-refractivity contribution < 1.29 is 9.31 Å². The molecule has 8 rings (SSSR count). The van der Waals surface area contributed by atoms with Gasteiger partial charge in [-0.25, -0.2) is 0 Å². The molecule has 44 heavy (non-hydrogen) atoms. The summed E-state index contributed by atoms with van der Waals surface area (Å²) in [5.41, 5.74) is 5.36. The standard InChI is InChI=1S/C40H35BO2S/c1-39(2)40(3,4)43-41(42-39)31-24-21-28(22-25-31)30-23-26-35-34-18-10-11-19-37(34)44(38(35)27-30,32-15-6-5-7-16-32)36-20-12-14-29-13-8-9-17-33(29)36/h5-27H,1-4H3. The Bertz CT molecular complexity index is 2010. The minimum Gasteiger partial charge on any atom is -0.399 e. The number of fused-ring (bicyclic) bond motifs is 4. The Balaban J connectivity index is 1.33. The van der Waals surface area contributed by atoms with Crippen LogP contribution in [0.5, 0.6) is 0 Å². The molecule has 0 radical (unpaired) electrons. The summed E-state index contributed by atoms with van der Waals surface area (Å²) in [4.78, 5) is 5.55. The first-order valence-electron chi connectivity index (χ1n) is 15.4. The van der Waals surface area contributed by atoms with Crippen LogP contribution >= 0.6 is 10.0 Å². The van der Waals surface area contributed by atoms with Crippen LogP contribution in [0.2, 0.25) is 0 Å². The van der Waals surface area contributed by atoms with Gasteiger partial charge in [-0.15, -0.1) is 10.0 Å².